The number of aliphatic hydroxyl groups excluding tert-OH is 1. The van der Waals surface area contributed by atoms with Gasteiger partial charge in [-0.2, -0.15) is 5.26 Å². The van der Waals surface area contributed by atoms with Crippen LogP contribution in [0.3, 0.4) is 0 Å². The Labute approximate surface area is 74.6 Å². The highest BCUT2D eigenvalue weighted by molar-refractivity contribution is 7.12. The van der Waals surface area contributed by atoms with Crippen molar-refractivity contribution in [2.24, 2.45) is 0 Å². The summed E-state index contributed by atoms with van der Waals surface area (Å²) in [6.07, 6.45) is 1.68. The van der Waals surface area contributed by atoms with Gasteiger partial charge >= 0.3 is 0 Å². The third-order valence-electron chi connectivity index (χ3n) is 1.31. The molecule has 0 atom stereocenters. The van der Waals surface area contributed by atoms with Gasteiger partial charge < -0.3 is 5.11 Å². The molecule has 0 saturated carbocycles. The fourth-order valence-corrected chi connectivity index (χ4v) is 1.56. The summed E-state index contributed by atoms with van der Waals surface area (Å²) in [6.45, 7) is 3.39. The van der Waals surface area contributed by atoms with E-state index in [9.17, 15) is 0 Å². The standard InChI is InChI=1S/C8H8N2OS/c1-5-4-10-8(12-5)7(3-9)6(2)11/h4,11H,1-2H3/b7-6-. The molecule has 1 aromatic rings. The number of aliphatic hydroxyl groups is 1. The van der Waals surface area contributed by atoms with Crippen molar-refractivity contribution >= 4 is 16.9 Å². The zero-order valence-corrected chi connectivity index (χ0v) is 7.64. The maximum atomic E-state index is 9.10. The van der Waals surface area contributed by atoms with Crippen molar-refractivity contribution in [3.63, 3.8) is 0 Å². The summed E-state index contributed by atoms with van der Waals surface area (Å²) < 4.78 is 0. The summed E-state index contributed by atoms with van der Waals surface area (Å²) in [5.74, 6) is 0.0202. The molecule has 0 amide bonds. The number of thiazole rings is 1. The molecule has 0 radical (unpaired) electrons. The Kier molecular flexibility index (Phi) is 2.46. The minimum Gasteiger partial charge on any atom is -0.511 e. The molecule has 0 fully saturated rings. The Hall–Kier alpha value is -1.34. The third kappa shape index (κ3) is 1.63. The average molecular weight is 180 g/mol. The molecule has 1 N–H and O–H groups in total. The molecule has 0 unspecified atom stereocenters. The third-order valence-corrected chi connectivity index (χ3v) is 2.24. The van der Waals surface area contributed by atoms with E-state index >= 15 is 0 Å². The van der Waals surface area contributed by atoms with Gasteiger partial charge in [0.1, 0.15) is 22.4 Å². The largest absolute Gasteiger partial charge is 0.511 e. The van der Waals surface area contributed by atoms with Gasteiger partial charge in [0, 0.05) is 11.1 Å². The summed E-state index contributed by atoms with van der Waals surface area (Å²) in [5, 5.41) is 18.3. The quantitative estimate of drug-likeness (QED) is 0.532. The van der Waals surface area contributed by atoms with E-state index in [1.807, 2.05) is 13.0 Å². The minimum atomic E-state index is 0.0202. The normalized spacial score (nSPS) is 12.1. The molecule has 0 aliphatic rings. The molecule has 1 heterocycles. The Balaban J connectivity index is 3.15. The van der Waals surface area contributed by atoms with Crippen molar-refractivity contribution in [2.75, 3.05) is 0 Å². The number of nitriles is 1. The molecule has 0 aliphatic heterocycles. The molecule has 0 spiro atoms. The molecule has 0 aliphatic carbocycles. The van der Waals surface area contributed by atoms with Crippen LogP contribution in [0.2, 0.25) is 0 Å². The highest BCUT2D eigenvalue weighted by Gasteiger charge is 2.07. The van der Waals surface area contributed by atoms with Gasteiger partial charge in [-0.15, -0.1) is 11.3 Å². The van der Waals surface area contributed by atoms with Crippen molar-refractivity contribution in [3.8, 4) is 6.07 Å². The van der Waals surface area contributed by atoms with Gasteiger partial charge in [-0.05, 0) is 13.8 Å². The lowest BCUT2D eigenvalue weighted by molar-refractivity contribution is 0.418. The van der Waals surface area contributed by atoms with Crippen LogP contribution >= 0.6 is 11.3 Å². The molecular formula is C8H8N2OS. The van der Waals surface area contributed by atoms with Gasteiger partial charge in [0.05, 0.1) is 0 Å². The van der Waals surface area contributed by atoms with E-state index in [0.29, 0.717) is 5.01 Å². The second-order valence-corrected chi connectivity index (χ2v) is 3.58. The highest BCUT2D eigenvalue weighted by Crippen LogP contribution is 2.21. The monoisotopic (exact) mass is 180 g/mol. The molecule has 0 bridgehead atoms. The maximum Gasteiger partial charge on any atom is 0.137 e. The van der Waals surface area contributed by atoms with Crippen LogP contribution in [0.5, 0.6) is 0 Å². The first-order chi connectivity index (χ1) is 5.65. The van der Waals surface area contributed by atoms with Gasteiger partial charge in [-0.25, -0.2) is 4.98 Å². The molecule has 3 nitrogen and oxygen atoms in total. The smallest absolute Gasteiger partial charge is 0.137 e. The van der Waals surface area contributed by atoms with Crippen LogP contribution < -0.4 is 0 Å². The van der Waals surface area contributed by atoms with Gasteiger partial charge in [0.25, 0.3) is 0 Å². The number of allylic oxidation sites excluding steroid dienone is 2. The first-order valence-electron chi connectivity index (χ1n) is 3.38. The summed E-state index contributed by atoms with van der Waals surface area (Å²) in [5.41, 5.74) is 0.258. The number of aryl methyl sites for hydroxylation is 1. The fraction of sp³-hybridized carbons (Fsp3) is 0.250. The Morgan fingerprint density at radius 3 is 2.75 bits per heavy atom. The molecule has 0 saturated heterocycles. The summed E-state index contributed by atoms with van der Waals surface area (Å²) >= 11 is 1.40. The molecule has 1 aromatic heterocycles. The van der Waals surface area contributed by atoms with E-state index in [1.165, 1.54) is 18.3 Å². The molecule has 4 heteroatoms. The number of hydrogen-bond acceptors (Lipinski definition) is 4. The van der Waals surface area contributed by atoms with E-state index in [1.54, 1.807) is 6.20 Å². The van der Waals surface area contributed by atoms with Crippen LogP contribution in [0.1, 0.15) is 16.8 Å². The van der Waals surface area contributed by atoms with Crippen molar-refractivity contribution in [2.45, 2.75) is 13.8 Å². The van der Waals surface area contributed by atoms with Crippen LogP contribution in [0.15, 0.2) is 12.0 Å². The zero-order chi connectivity index (χ0) is 9.14. The van der Waals surface area contributed by atoms with E-state index in [-0.39, 0.29) is 11.3 Å². The van der Waals surface area contributed by atoms with Crippen LogP contribution in [0, 0.1) is 18.3 Å². The van der Waals surface area contributed by atoms with Crippen LogP contribution in [-0.4, -0.2) is 10.1 Å². The van der Waals surface area contributed by atoms with E-state index < -0.39 is 0 Å². The fourth-order valence-electron chi connectivity index (χ4n) is 0.754. The minimum absolute atomic E-state index is 0.0202. The first kappa shape index (κ1) is 8.75. The number of rotatable bonds is 1. The number of hydrogen-bond donors (Lipinski definition) is 1. The van der Waals surface area contributed by atoms with Crippen molar-refractivity contribution in [1.82, 2.24) is 4.98 Å². The maximum absolute atomic E-state index is 9.10. The predicted octanol–water partition coefficient (Wildman–Crippen LogP) is 2.26. The predicted molar refractivity (Wildman–Crippen MR) is 47.7 cm³/mol. The lowest BCUT2D eigenvalue weighted by Gasteiger charge is -1.92. The second-order valence-electron chi connectivity index (χ2n) is 2.35. The van der Waals surface area contributed by atoms with Gasteiger partial charge in [0.2, 0.25) is 0 Å². The van der Waals surface area contributed by atoms with Crippen molar-refractivity contribution < 1.29 is 5.11 Å². The lowest BCUT2D eigenvalue weighted by Crippen LogP contribution is -1.83. The topological polar surface area (TPSA) is 56.9 Å². The highest BCUT2D eigenvalue weighted by atomic mass is 32.1. The van der Waals surface area contributed by atoms with Crippen LogP contribution in [0.25, 0.3) is 5.57 Å². The Morgan fingerprint density at radius 2 is 2.42 bits per heavy atom. The summed E-state index contributed by atoms with van der Waals surface area (Å²) in [7, 11) is 0. The SMILES string of the molecule is C/C(O)=C(\C#N)c1ncc(C)s1. The van der Waals surface area contributed by atoms with E-state index in [4.69, 9.17) is 10.4 Å². The molecule has 12 heavy (non-hydrogen) atoms. The van der Waals surface area contributed by atoms with Gasteiger partial charge in [-0.1, -0.05) is 0 Å². The van der Waals surface area contributed by atoms with Crippen molar-refractivity contribution in [3.05, 3.63) is 21.8 Å². The van der Waals surface area contributed by atoms with Gasteiger partial charge in [0.15, 0.2) is 0 Å². The zero-order valence-electron chi connectivity index (χ0n) is 6.83. The molecule has 1 rings (SSSR count). The van der Waals surface area contributed by atoms with Crippen molar-refractivity contribution in [1.29, 1.82) is 5.26 Å². The van der Waals surface area contributed by atoms with Gasteiger partial charge in [-0.3, -0.25) is 0 Å². The molecular weight excluding hydrogens is 172 g/mol. The lowest BCUT2D eigenvalue weighted by atomic mass is 10.3. The van der Waals surface area contributed by atoms with Crippen LogP contribution in [-0.2, 0) is 0 Å². The number of nitrogens with zero attached hydrogens (tertiary/aromatic N) is 2. The first-order valence-corrected chi connectivity index (χ1v) is 4.19. The molecule has 62 valence electrons. The molecule has 0 aromatic carbocycles. The van der Waals surface area contributed by atoms with E-state index in [0.717, 1.165) is 4.88 Å². The summed E-state index contributed by atoms with van der Waals surface area (Å²) in [6, 6.07) is 1.91. The Morgan fingerprint density at radius 1 is 1.75 bits per heavy atom. The van der Waals surface area contributed by atoms with Crippen LogP contribution in [0.4, 0.5) is 0 Å². The van der Waals surface area contributed by atoms with E-state index in [2.05, 4.69) is 4.98 Å². The number of aromatic nitrogens is 1. The average Bonchev–Trinajstić information content (AvgIpc) is 2.37. The Bertz CT molecular complexity index is 355. The second kappa shape index (κ2) is 3.37. The summed E-state index contributed by atoms with van der Waals surface area (Å²) in [4.78, 5) is 5.01.